The van der Waals surface area contributed by atoms with Crippen molar-refractivity contribution in [2.24, 2.45) is 5.10 Å². The molecule has 0 atom stereocenters. The number of hydrogen-bond acceptors (Lipinski definition) is 6. The van der Waals surface area contributed by atoms with Gasteiger partial charge in [-0.2, -0.15) is 15.6 Å². The highest BCUT2D eigenvalue weighted by Gasteiger charge is 2.20. The van der Waals surface area contributed by atoms with E-state index in [-0.39, 0.29) is 0 Å². The van der Waals surface area contributed by atoms with Gasteiger partial charge in [0.1, 0.15) is 18.0 Å². The van der Waals surface area contributed by atoms with Crippen LogP contribution in [0.3, 0.4) is 0 Å². The van der Waals surface area contributed by atoms with Crippen molar-refractivity contribution in [1.82, 2.24) is 0 Å². The Morgan fingerprint density at radius 1 is 1.39 bits per heavy atom. The SMILES string of the molecule is N#CC(C#N)=NNc1c(F)cc(F)cc1[N+](=O)[O-]. The number of hydrazone groups is 1. The lowest BCUT2D eigenvalue weighted by molar-refractivity contribution is -0.384. The number of rotatable bonds is 3. The van der Waals surface area contributed by atoms with Gasteiger partial charge in [0, 0.05) is 6.07 Å². The van der Waals surface area contributed by atoms with Gasteiger partial charge in [0.15, 0.2) is 11.5 Å². The third kappa shape index (κ3) is 2.74. The molecule has 0 saturated heterocycles. The molecular formula is C9H3F2N5O2. The smallest absolute Gasteiger partial charge is 0.267 e. The van der Waals surface area contributed by atoms with Gasteiger partial charge >= 0.3 is 0 Å². The van der Waals surface area contributed by atoms with Crippen molar-refractivity contribution >= 4 is 17.1 Å². The number of benzene rings is 1. The van der Waals surface area contributed by atoms with Crippen molar-refractivity contribution in [1.29, 1.82) is 10.5 Å². The predicted octanol–water partition coefficient (Wildman–Crippen LogP) is 1.69. The molecule has 0 saturated carbocycles. The number of nitro benzene ring substituents is 1. The second-order valence-electron chi connectivity index (χ2n) is 2.83. The van der Waals surface area contributed by atoms with Gasteiger partial charge in [0.05, 0.1) is 11.0 Å². The lowest BCUT2D eigenvalue weighted by Crippen LogP contribution is -2.03. The zero-order valence-corrected chi connectivity index (χ0v) is 8.52. The Morgan fingerprint density at radius 2 is 2.00 bits per heavy atom. The van der Waals surface area contributed by atoms with Crippen LogP contribution in [0.4, 0.5) is 20.2 Å². The van der Waals surface area contributed by atoms with Crippen LogP contribution >= 0.6 is 0 Å². The van der Waals surface area contributed by atoms with Crippen LogP contribution in [0, 0.1) is 44.4 Å². The molecule has 1 rings (SSSR count). The van der Waals surface area contributed by atoms with E-state index in [1.165, 1.54) is 12.1 Å². The molecule has 90 valence electrons. The Morgan fingerprint density at radius 3 is 2.50 bits per heavy atom. The molecule has 1 aromatic rings. The second-order valence-corrected chi connectivity index (χ2v) is 2.83. The first-order valence-electron chi connectivity index (χ1n) is 4.27. The summed E-state index contributed by atoms with van der Waals surface area (Å²) in [5.74, 6) is -2.39. The first-order valence-corrected chi connectivity index (χ1v) is 4.27. The van der Waals surface area contributed by atoms with Crippen LogP contribution in [0.15, 0.2) is 17.2 Å². The van der Waals surface area contributed by atoms with Gasteiger partial charge in [0.25, 0.3) is 5.69 Å². The molecule has 1 N–H and O–H groups in total. The van der Waals surface area contributed by atoms with Crippen molar-refractivity contribution < 1.29 is 13.7 Å². The van der Waals surface area contributed by atoms with Crippen LogP contribution in [0.2, 0.25) is 0 Å². The Labute approximate surface area is 98.7 Å². The molecule has 0 spiro atoms. The van der Waals surface area contributed by atoms with Gasteiger partial charge in [-0.15, -0.1) is 0 Å². The normalized spacial score (nSPS) is 8.89. The highest BCUT2D eigenvalue weighted by atomic mass is 19.1. The van der Waals surface area contributed by atoms with E-state index in [1.807, 2.05) is 5.43 Å². The van der Waals surface area contributed by atoms with Crippen LogP contribution in [0.1, 0.15) is 0 Å². The molecule has 0 amide bonds. The number of anilines is 1. The highest BCUT2D eigenvalue weighted by Crippen LogP contribution is 2.28. The van der Waals surface area contributed by atoms with Gasteiger partial charge in [-0.1, -0.05) is 0 Å². The summed E-state index contributed by atoms with van der Waals surface area (Å²) in [6, 6.07) is 3.61. The first kappa shape index (κ1) is 13.0. The molecule has 0 unspecified atom stereocenters. The summed E-state index contributed by atoms with van der Waals surface area (Å²) in [5, 5.41) is 30.4. The fourth-order valence-electron chi connectivity index (χ4n) is 1.00. The zero-order valence-electron chi connectivity index (χ0n) is 8.52. The third-order valence-corrected chi connectivity index (χ3v) is 1.72. The van der Waals surface area contributed by atoms with Gasteiger partial charge in [-0.05, 0) is 0 Å². The third-order valence-electron chi connectivity index (χ3n) is 1.72. The maximum atomic E-state index is 13.3. The summed E-state index contributed by atoms with van der Waals surface area (Å²) in [6.45, 7) is 0. The average molecular weight is 251 g/mol. The van der Waals surface area contributed by atoms with E-state index in [9.17, 15) is 18.9 Å². The average Bonchev–Trinajstić information content (AvgIpc) is 2.31. The molecule has 0 aliphatic rings. The molecule has 0 fully saturated rings. The second kappa shape index (κ2) is 5.32. The number of hydrogen-bond donors (Lipinski definition) is 1. The minimum Gasteiger partial charge on any atom is -0.267 e. The van der Waals surface area contributed by atoms with Crippen LogP contribution in [-0.2, 0) is 0 Å². The van der Waals surface area contributed by atoms with Crippen molar-refractivity contribution in [2.45, 2.75) is 0 Å². The maximum Gasteiger partial charge on any atom is 0.300 e. The number of halogens is 2. The van der Waals surface area contributed by atoms with E-state index >= 15 is 0 Å². The molecule has 9 heteroatoms. The van der Waals surface area contributed by atoms with Crippen molar-refractivity contribution in [3.05, 3.63) is 33.9 Å². The molecule has 0 aliphatic heterocycles. The Kier molecular flexibility index (Phi) is 3.84. The summed E-state index contributed by atoms with van der Waals surface area (Å²) < 4.78 is 26.1. The Hall–Kier alpha value is -3.07. The fraction of sp³-hybridized carbons (Fsp3) is 0. The molecule has 0 heterocycles. The van der Waals surface area contributed by atoms with E-state index in [4.69, 9.17) is 10.5 Å². The molecule has 0 aromatic heterocycles. The van der Waals surface area contributed by atoms with Gasteiger partial charge in [0.2, 0.25) is 5.71 Å². The molecule has 0 aliphatic carbocycles. The largest absolute Gasteiger partial charge is 0.300 e. The van der Waals surface area contributed by atoms with Crippen molar-refractivity contribution in [2.75, 3.05) is 5.43 Å². The molecule has 1 aromatic carbocycles. The van der Waals surface area contributed by atoms with Gasteiger partial charge < -0.3 is 0 Å². The summed E-state index contributed by atoms with van der Waals surface area (Å²) >= 11 is 0. The topological polar surface area (TPSA) is 115 Å². The fourth-order valence-corrected chi connectivity index (χ4v) is 1.00. The van der Waals surface area contributed by atoms with Gasteiger partial charge in [-0.3, -0.25) is 15.5 Å². The summed E-state index contributed by atoms with van der Waals surface area (Å²) in [4.78, 5) is 9.54. The molecule has 0 bridgehead atoms. The minimum atomic E-state index is -1.26. The minimum absolute atomic E-state index is 0.406. The van der Waals surface area contributed by atoms with Crippen LogP contribution < -0.4 is 5.43 Å². The molecular weight excluding hydrogens is 248 g/mol. The summed E-state index contributed by atoms with van der Waals surface area (Å²) in [5.41, 5.74) is -0.436. The predicted molar refractivity (Wildman–Crippen MR) is 55.3 cm³/mol. The monoisotopic (exact) mass is 251 g/mol. The Bertz CT molecular complexity index is 599. The number of nitrogens with one attached hydrogen (secondary N) is 1. The van der Waals surface area contributed by atoms with E-state index in [1.54, 1.807) is 0 Å². The first-order chi connectivity index (χ1) is 8.49. The standard InChI is InChI=1S/C9H3F2N5O2/c10-5-1-7(11)9(8(2-5)16(17)18)15-14-6(3-12)4-13/h1-2,15H. The zero-order chi connectivity index (χ0) is 13.7. The summed E-state index contributed by atoms with van der Waals surface area (Å²) in [6.07, 6.45) is 0. The number of nitriles is 2. The van der Waals surface area contributed by atoms with Crippen molar-refractivity contribution in [3.63, 3.8) is 0 Å². The maximum absolute atomic E-state index is 13.3. The van der Waals surface area contributed by atoms with E-state index in [2.05, 4.69) is 5.10 Å². The molecule has 0 radical (unpaired) electrons. The van der Waals surface area contributed by atoms with Gasteiger partial charge in [-0.25, -0.2) is 8.78 Å². The van der Waals surface area contributed by atoms with Crippen molar-refractivity contribution in [3.8, 4) is 12.1 Å². The number of nitrogens with zero attached hydrogens (tertiary/aromatic N) is 4. The van der Waals surface area contributed by atoms with E-state index < -0.39 is 33.6 Å². The van der Waals surface area contributed by atoms with Crippen LogP contribution in [-0.4, -0.2) is 10.6 Å². The molecule has 7 nitrogen and oxygen atoms in total. The molecule has 18 heavy (non-hydrogen) atoms. The summed E-state index contributed by atoms with van der Waals surface area (Å²) in [7, 11) is 0. The Balaban J connectivity index is 3.26. The highest BCUT2D eigenvalue weighted by molar-refractivity contribution is 6.10. The quantitative estimate of drug-likeness (QED) is 0.498. The lowest BCUT2D eigenvalue weighted by atomic mass is 10.2. The van der Waals surface area contributed by atoms with E-state index in [0.717, 1.165) is 0 Å². The van der Waals surface area contributed by atoms with Crippen LogP contribution in [0.25, 0.3) is 0 Å². The van der Waals surface area contributed by atoms with E-state index in [0.29, 0.717) is 12.1 Å². The van der Waals surface area contributed by atoms with Crippen LogP contribution in [0.5, 0.6) is 0 Å². The number of nitro groups is 1. The lowest BCUT2D eigenvalue weighted by Gasteiger charge is -2.03.